The van der Waals surface area contributed by atoms with Crippen LogP contribution in [0, 0.1) is 5.92 Å². The summed E-state index contributed by atoms with van der Waals surface area (Å²) < 4.78 is 5.54. The summed E-state index contributed by atoms with van der Waals surface area (Å²) in [4.78, 5) is 4.73. The van der Waals surface area contributed by atoms with Crippen LogP contribution in [0.3, 0.4) is 0 Å². The Morgan fingerprint density at radius 2 is 2.07 bits per heavy atom. The second-order valence-corrected chi connectivity index (χ2v) is 4.57. The lowest BCUT2D eigenvalue weighted by Crippen LogP contribution is -2.39. The average molecular weight is 211 g/mol. The van der Waals surface area contributed by atoms with Gasteiger partial charge >= 0.3 is 0 Å². The third-order valence-corrected chi connectivity index (χ3v) is 3.52. The lowest BCUT2D eigenvalue weighted by Gasteiger charge is -2.18. The lowest BCUT2D eigenvalue weighted by atomic mass is 10.0. The maximum atomic E-state index is 5.56. The summed E-state index contributed by atoms with van der Waals surface area (Å²) in [6.07, 6.45) is 6.34. The van der Waals surface area contributed by atoms with Crippen LogP contribution in [0.5, 0.6) is 0 Å². The molecule has 2 aliphatic rings. The molecule has 0 aromatic carbocycles. The lowest BCUT2D eigenvalue weighted by molar-refractivity contribution is 0.116. The molecule has 86 valence electrons. The molecule has 0 aromatic rings. The molecule has 0 aromatic heterocycles. The van der Waals surface area contributed by atoms with Crippen molar-refractivity contribution in [1.82, 2.24) is 5.43 Å². The van der Waals surface area contributed by atoms with Crippen molar-refractivity contribution in [1.29, 1.82) is 0 Å². The van der Waals surface area contributed by atoms with Gasteiger partial charge in [-0.25, -0.2) is 5.84 Å². The van der Waals surface area contributed by atoms with E-state index in [1.165, 1.54) is 25.7 Å². The van der Waals surface area contributed by atoms with E-state index in [1.54, 1.807) is 0 Å². The number of nitrogens with two attached hydrogens (primary N) is 1. The Bertz CT molecular complexity index is 236. The zero-order chi connectivity index (χ0) is 10.7. The van der Waals surface area contributed by atoms with Crippen molar-refractivity contribution in [3.05, 3.63) is 0 Å². The monoisotopic (exact) mass is 211 g/mol. The molecule has 3 N–H and O–H groups in total. The van der Waals surface area contributed by atoms with E-state index in [-0.39, 0.29) is 6.10 Å². The minimum atomic E-state index is 0.251. The first-order valence-corrected chi connectivity index (χ1v) is 5.97. The fraction of sp³-hybridized carbons (Fsp3) is 0.909. The van der Waals surface area contributed by atoms with Gasteiger partial charge in [-0.05, 0) is 26.2 Å². The van der Waals surface area contributed by atoms with Crippen molar-refractivity contribution in [2.24, 2.45) is 16.8 Å². The summed E-state index contributed by atoms with van der Waals surface area (Å²) in [6.45, 7) is 2.93. The van der Waals surface area contributed by atoms with E-state index in [2.05, 4.69) is 12.3 Å². The van der Waals surface area contributed by atoms with Crippen molar-refractivity contribution >= 4 is 5.84 Å². The first-order valence-electron chi connectivity index (χ1n) is 5.97. The van der Waals surface area contributed by atoms with Gasteiger partial charge < -0.3 is 10.2 Å². The number of hydrogen-bond acceptors (Lipinski definition) is 3. The van der Waals surface area contributed by atoms with Gasteiger partial charge in [0, 0.05) is 12.5 Å². The third-order valence-electron chi connectivity index (χ3n) is 3.52. The first kappa shape index (κ1) is 10.9. The van der Waals surface area contributed by atoms with Gasteiger partial charge in [0.25, 0.3) is 0 Å². The number of rotatable bonds is 2. The molecule has 4 nitrogen and oxygen atoms in total. The predicted molar refractivity (Wildman–Crippen MR) is 60.5 cm³/mol. The summed E-state index contributed by atoms with van der Waals surface area (Å²) in [5, 5.41) is 0. The van der Waals surface area contributed by atoms with Crippen molar-refractivity contribution in [2.45, 2.75) is 51.2 Å². The third kappa shape index (κ3) is 2.49. The molecule has 1 aliphatic heterocycles. The Labute approximate surface area is 91.2 Å². The van der Waals surface area contributed by atoms with Gasteiger partial charge in [-0.15, -0.1) is 0 Å². The zero-order valence-electron chi connectivity index (χ0n) is 9.41. The summed E-state index contributed by atoms with van der Waals surface area (Å²) in [7, 11) is 0. The first-order chi connectivity index (χ1) is 7.31. The number of aliphatic imine (C=N–C) groups is 1. The number of hydrogen-bond donors (Lipinski definition) is 2. The second kappa shape index (κ2) is 4.94. The summed E-state index contributed by atoms with van der Waals surface area (Å²) in [5.74, 6) is 6.88. The molecule has 1 heterocycles. The van der Waals surface area contributed by atoms with Crippen molar-refractivity contribution in [3.63, 3.8) is 0 Å². The standard InChI is InChI=1S/C11H21N3O/c1-8-10(6-7-15-8)11(14-12)13-9-4-2-3-5-9/h8-10H,2-7,12H2,1H3,(H,13,14). The molecule has 2 fully saturated rings. The molecule has 15 heavy (non-hydrogen) atoms. The maximum Gasteiger partial charge on any atom is 0.116 e. The van der Waals surface area contributed by atoms with Gasteiger partial charge in [-0.3, -0.25) is 4.99 Å². The van der Waals surface area contributed by atoms with E-state index in [9.17, 15) is 0 Å². The van der Waals surface area contributed by atoms with Crippen LogP contribution >= 0.6 is 0 Å². The molecule has 4 heteroatoms. The van der Waals surface area contributed by atoms with E-state index in [4.69, 9.17) is 15.6 Å². The Hall–Kier alpha value is -0.610. The smallest absolute Gasteiger partial charge is 0.116 e. The van der Waals surface area contributed by atoms with E-state index < -0.39 is 0 Å². The number of nitrogens with one attached hydrogen (secondary N) is 1. The van der Waals surface area contributed by atoms with Gasteiger partial charge in [-0.2, -0.15) is 0 Å². The number of ether oxygens (including phenoxy) is 1. The van der Waals surface area contributed by atoms with Gasteiger partial charge in [0.2, 0.25) is 0 Å². The minimum Gasteiger partial charge on any atom is -0.378 e. The molecular formula is C11H21N3O. The van der Waals surface area contributed by atoms with Crippen LogP contribution in [0.4, 0.5) is 0 Å². The molecule has 2 atom stereocenters. The average Bonchev–Trinajstić information content (AvgIpc) is 2.85. The van der Waals surface area contributed by atoms with Gasteiger partial charge in [-0.1, -0.05) is 12.8 Å². The zero-order valence-corrected chi connectivity index (χ0v) is 9.41. The fourth-order valence-electron chi connectivity index (χ4n) is 2.56. The molecule has 2 unspecified atom stereocenters. The van der Waals surface area contributed by atoms with Crippen LogP contribution in [-0.2, 0) is 4.74 Å². The highest BCUT2D eigenvalue weighted by molar-refractivity contribution is 5.85. The van der Waals surface area contributed by atoms with Crippen LogP contribution in [0.15, 0.2) is 4.99 Å². The van der Waals surface area contributed by atoms with Gasteiger partial charge in [0.15, 0.2) is 0 Å². The van der Waals surface area contributed by atoms with Crippen LogP contribution in [0.2, 0.25) is 0 Å². The minimum absolute atomic E-state index is 0.251. The summed E-state index contributed by atoms with van der Waals surface area (Å²) in [5.41, 5.74) is 2.77. The van der Waals surface area contributed by atoms with E-state index in [0.29, 0.717) is 12.0 Å². The van der Waals surface area contributed by atoms with E-state index in [1.807, 2.05) is 0 Å². The Balaban J connectivity index is 2.01. The second-order valence-electron chi connectivity index (χ2n) is 4.57. The largest absolute Gasteiger partial charge is 0.378 e. The van der Waals surface area contributed by atoms with Gasteiger partial charge in [0.1, 0.15) is 5.84 Å². The number of nitrogens with zero attached hydrogens (tertiary/aromatic N) is 1. The molecule has 2 rings (SSSR count). The van der Waals surface area contributed by atoms with Crippen LogP contribution in [-0.4, -0.2) is 24.6 Å². The van der Waals surface area contributed by atoms with Crippen molar-refractivity contribution in [2.75, 3.05) is 6.61 Å². The molecule has 0 bridgehead atoms. The topological polar surface area (TPSA) is 59.6 Å². The molecule has 1 saturated heterocycles. The highest BCUT2D eigenvalue weighted by Gasteiger charge is 2.29. The summed E-state index contributed by atoms with van der Waals surface area (Å²) in [6, 6.07) is 0.490. The number of amidine groups is 1. The van der Waals surface area contributed by atoms with E-state index in [0.717, 1.165) is 18.9 Å². The Morgan fingerprint density at radius 1 is 1.33 bits per heavy atom. The van der Waals surface area contributed by atoms with Crippen molar-refractivity contribution in [3.8, 4) is 0 Å². The highest BCUT2D eigenvalue weighted by atomic mass is 16.5. The molecule has 1 aliphatic carbocycles. The molecule has 1 saturated carbocycles. The summed E-state index contributed by atoms with van der Waals surface area (Å²) >= 11 is 0. The van der Waals surface area contributed by atoms with E-state index >= 15 is 0 Å². The van der Waals surface area contributed by atoms with Crippen LogP contribution in [0.1, 0.15) is 39.0 Å². The maximum absolute atomic E-state index is 5.56. The van der Waals surface area contributed by atoms with Crippen LogP contribution in [0.25, 0.3) is 0 Å². The number of hydrazine groups is 1. The highest BCUT2D eigenvalue weighted by Crippen LogP contribution is 2.25. The SMILES string of the molecule is CC1OCCC1C(=NC1CCCC1)NN. The molecule has 0 spiro atoms. The predicted octanol–water partition coefficient (Wildman–Crippen LogP) is 1.22. The van der Waals surface area contributed by atoms with Crippen LogP contribution < -0.4 is 11.3 Å². The van der Waals surface area contributed by atoms with Gasteiger partial charge in [0.05, 0.1) is 12.1 Å². The Morgan fingerprint density at radius 3 is 2.60 bits per heavy atom. The molecule has 0 radical (unpaired) electrons. The molecule has 0 amide bonds. The van der Waals surface area contributed by atoms with Crippen molar-refractivity contribution < 1.29 is 4.74 Å². The normalized spacial score (nSPS) is 33.6. The quantitative estimate of drug-likeness (QED) is 0.312. The Kier molecular flexibility index (Phi) is 3.59. The fourth-order valence-corrected chi connectivity index (χ4v) is 2.56. The molecular weight excluding hydrogens is 190 g/mol.